The number of hydrogen-bond acceptors (Lipinski definition) is 3. The molecule has 0 aliphatic heterocycles. The largest absolute Gasteiger partial charge is 0.456 e. The molecule has 0 aliphatic rings. The minimum absolute atomic E-state index is 0.844. The molecule has 0 saturated heterocycles. The van der Waals surface area contributed by atoms with Gasteiger partial charge in [0.05, 0.1) is 22.1 Å². The number of furan rings is 2. The van der Waals surface area contributed by atoms with Crippen LogP contribution in [0.25, 0.3) is 82.5 Å². The predicted molar refractivity (Wildman–Crippen MR) is 215 cm³/mol. The van der Waals surface area contributed by atoms with Crippen LogP contribution in [0.2, 0.25) is 0 Å². The van der Waals surface area contributed by atoms with Gasteiger partial charge < -0.3 is 18.3 Å². The Morgan fingerprint density at radius 2 is 1.02 bits per heavy atom. The molecule has 0 N–H and O–H groups in total. The molecule has 52 heavy (non-hydrogen) atoms. The van der Waals surface area contributed by atoms with Gasteiger partial charge in [-0.3, -0.25) is 0 Å². The van der Waals surface area contributed by atoms with Crippen molar-refractivity contribution in [3.8, 4) is 16.8 Å². The van der Waals surface area contributed by atoms with E-state index in [4.69, 9.17) is 8.83 Å². The second-order valence-corrected chi connectivity index (χ2v) is 13.3. The lowest BCUT2D eigenvalue weighted by Gasteiger charge is -2.27. The first-order valence-electron chi connectivity index (χ1n) is 17.6. The molecule has 0 spiro atoms. The number of anilines is 3. The third kappa shape index (κ3) is 4.28. The average molecular weight is 667 g/mol. The van der Waals surface area contributed by atoms with Crippen LogP contribution >= 0.6 is 0 Å². The molecule has 4 heteroatoms. The minimum atomic E-state index is 0.844. The lowest BCUT2D eigenvalue weighted by atomic mass is 10.00. The van der Waals surface area contributed by atoms with Crippen molar-refractivity contribution in [3.63, 3.8) is 0 Å². The summed E-state index contributed by atoms with van der Waals surface area (Å²) in [5.41, 5.74) is 12.1. The zero-order valence-electron chi connectivity index (χ0n) is 28.0. The molecule has 0 unspecified atom stereocenters. The Hall–Kier alpha value is -7.04. The number of hydrogen-bond donors (Lipinski definition) is 0. The smallest absolute Gasteiger partial charge is 0.145 e. The summed E-state index contributed by atoms with van der Waals surface area (Å²) >= 11 is 0. The first-order chi connectivity index (χ1) is 25.8. The van der Waals surface area contributed by atoms with Gasteiger partial charge in [-0.2, -0.15) is 0 Å². The highest BCUT2D eigenvalue weighted by atomic mass is 16.3. The molecule has 0 fully saturated rings. The molecule has 0 atom stereocenters. The highest BCUT2D eigenvalue weighted by Crippen LogP contribution is 2.47. The molecular formula is C48H30N2O2. The maximum atomic E-state index is 6.74. The third-order valence-electron chi connectivity index (χ3n) is 10.4. The molecule has 4 nitrogen and oxygen atoms in total. The summed E-state index contributed by atoms with van der Waals surface area (Å²) in [5, 5.41) is 6.80. The molecule has 244 valence electrons. The molecular weight excluding hydrogens is 637 g/mol. The Morgan fingerprint density at radius 3 is 1.79 bits per heavy atom. The van der Waals surface area contributed by atoms with Crippen molar-refractivity contribution in [2.45, 2.75) is 0 Å². The number of nitrogens with zero attached hydrogens (tertiary/aromatic N) is 2. The fourth-order valence-electron chi connectivity index (χ4n) is 8.09. The molecule has 11 aromatic rings. The molecule has 11 rings (SSSR count). The average Bonchev–Trinajstić information content (AvgIpc) is 3.88. The predicted octanol–water partition coefficient (Wildman–Crippen LogP) is 13.7. The lowest BCUT2D eigenvalue weighted by Crippen LogP contribution is -2.11. The summed E-state index contributed by atoms with van der Waals surface area (Å²) in [6.07, 6.45) is 0. The van der Waals surface area contributed by atoms with Crippen molar-refractivity contribution >= 4 is 82.7 Å². The molecule has 3 heterocycles. The van der Waals surface area contributed by atoms with Crippen molar-refractivity contribution in [2.24, 2.45) is 0 Å². The molecule has 0 aliphatic carbocycles. The van der Waals surface area contributed by atoms with Crippen LogP contribution in [0, 0.1) is 0 Å². The Kier molecular flexibility index (Phi) is 6.22. The Morgan fingerprint density at radius 1 is 0.404 bits per heavy atom. The second kappa shape index (κ2) is 11.2. The maximum Gasteiger partial charge on any atom is 0.145 e. The van der Waals surface area contributed by atoms with Crippen LogP contribution in [0.15, 0.2) is 191 Å². The molecule has 0 bridgehead atoms. The highest BCUT2D eigenvalue weighted by molar-refractivity contribution is 6.17. The second-order valence-electron chi connectivity index (χ2n) is 13.3. The fourth-order valence-corrected chi connectivity index (χ4v) is 8.09. The van der Waals surface area contributed by atoms with Gasteiger partial charge in [-0.15, -0.1) is 0 Å². The first kappa shape index (κ1) is 28.8. The van der Waals surface area contributed by atoms with Gasteiger partial charge in [0.25, 0.3) is 0 Å². The number of fused-ring (bicyclic) bond motifs is 9. The Labute approximate surface area is 299 Å². The monoisotopic (exact) mass is 666 g/mol. The van der Waals surface area contributed by atoms with Gasteiger partial charge in [0.2, 0.25) is 0 Å². The molecule has 3 aromatic heterocycles. The lowest BCUT2D eigenvalue weighted by molar-refractivity contribution is 0.669. The fraction of sp³-hybridized carbons (Fsp3) is 0. The summed E-state index contributed by atoms with van der Waals surface area (Å²) in [5.74, 6) is 0. The number of para-hydroxylation sites is 4. The third-order valence-corrected chi connectivity index (χ3v) is 10.4. The van der Waals surface area contributed by atoms with Gasteiger partial charge in [0.1, 0.15) is 22.3 Å². The van der Waals surface area contributed by atoms with Gasteiger partial charge in [-0.05, 0) is 72.3 Å². The number of rotatable bonds is 5. The van der Waals surface area contributed by atoms with Crippen molar-refractivity contribution in [3.05, 3.63) is 182 Å². The van der Waals surface area contributed by atoms with E-state index in [9.17, 15) is 0 Å². The van der Waals surface area contributed by atoms with Crippen molar-refractivity contribution in [2.75, 3.05) is 4.90 Å². The zero-order chi connectivity index (χ0) is 34.2. The highest BCUT2D eigenvalue weighted by Gasteiger charge is 2.23. The SMILES string of the molecule is c1ccc(-c2ccc(N(c3cccc(-n4c5ccccc5c5ccccc54)c3)c3ccc4c(c3)oc3ccccc34)c3c2oc2ccccc23)cc1. The Bertz CT molecular complexity index is 3090. The van der Waals surface area contributed by atoms with Crippen LogP contribution < -0.4 is 4.90 Å². The van der Waals surface area contributed by atoms with Crippen molar-refractivity contribution in [1.29, 1.82) is 0 Å². The van der Waals surface area contributed by atoms with Crippen LogP contribution in [0.1, 0.15) is 0 Å². The number of aromatic nitrogens is 1. The summed E-state index contributed by atoms with van der Waals surface area (Å²) < 4.78 is 15.6. The van der Waals surface area contributed by atoms with E-state index in [1.54, 1.807) is 0 Å². The summed E-state index contributed by atoms with van der Waals surface area (Å²) in [7, 11) is 0. The van der Waals surface area contributed by atoms with Gasteiger partial charge in [0, 0.05) is 55.6 Å². The van der Waals surface area contributed by atoms with E-state index < -0.39 is 0 Å². The van der Waals surface area contributed by atoms with Crippen molar-refractivity contribution < 1.29 is 8.83 Å². The van der Waals surface area contributed by atoms with Crippen LogP contribution in [-0.4, -0.2) is 4.57 Å². The summed E-state index contributed by atoms with van der Waals surface area (Å²) in [6, 6.07) is 64.2. The van der Waals surface area contributed by atoms with Gasteiger partial charge in [0.15, 0.2) is 0 Å². The van der Waals surface area contributed by atoms with E-state index in [1.165, 1.54) is 21.8 Å². The van der Waals surface area contributed by atoms with E-state index in [2.05, 4.69) is 167 Å². The molecule has 0 radical (unpaired) electrons. The summed E-state index contributed by atoms with van der Waals surface area (Å²) in [6.45, 7) is 0. The quantitative estimate of drug-likeness (QED) is 0.183. The van der Waals surface area contributed by atoms with E-state index in [1.807, 2.05) is 24.3 Å². The molecule has 0 saturated carbocycles. The van der Waals surface area contributed by atoms with Gasteiger partial charge >= 0.3 is 0 Å². The minimum Gasteiger partial charge on any atom is -0.456 e. The van der Waals surface area contributed by atoms with Crippen LogP contribution in [0.4, 0.5) is 17.1 Å². The van der Waals surface area contributed by atoms with Gasteiger partial charge in [-0.25, -0.2) is 0 Å². The van der Waals surface area contributed by atoms with Gasteiger partial charge in [-0.1, -0.05) is 109 Å². The first-order valence-corrected chi connectivity index (χ1v) is 17.6. The van der Waals surface area contributed by atoms with Crippen LogP contribution in [-0.2, 0) is 0 Å². The zero-order valence-corrected chi connectivity index (χ0v) is 28.0. The van der Waals surface area contributed by atoms with E-state index in [-0.39, 0.29) is 0 Å². The van der Waals surface area contributed by atoms with Crippen LogP contribution in [0.5, 0.6) is 0 Å². The topological polar surface area (TPSA) is 34.5 Å². The standard InChI is InChI=1S/C48H30N2O2/c1-2-13-31(14-3-1)35-27-28-43(47-40-20-7-11-24-45(40)52-48(35)47)49(34-25-26-39-38-19-6-10-23-44(38)51-46(39)30-34)32-15-12-16-33(29-32)50-41-21-8-4-17-36(41)37-18-5-9-22-42(37)50/h1-30H. The van der Waals surface area contributed by atoms with E-state index in [0.717, 1.165) is 77.8 Å². The maximum absolute atomic E-state index is 6.74. The van der Waals surface area contributed by atoms with E-state index in [0.29, 0.717) is 0 Å². The molecule has 0 amide bonds. The number of benzene rings is 8. The molecule has 8 aromatic carbocycles. The summed E-state index contributed by atoms with van der Waals surface area (Å²) in [4.78, 5) is 2.35. The van der Waals surface area contributed by atoms with Crippen LogP contribution in [0.3, 0.4) is 0 Å². The Balaban J connectivity index is 1.21. The van der Waals surface area contributed by atoms with Crippen molar-refractivity contribution in [1.82, 2.24) is 4.57 Å². The van der Waals surface area contributed by atoms with E-state index >= 15 is 0 Å². The normalized spacial score (nSPS) is 11.8.